The molecule has 1 amide bonds. The van der Waals surface area contributed by atoms with Crippen molar-refractivity contribution in [1.29, 1.82) is 0 Å². The van der Waals surface area contributed by atoms with E-state index in [0.717, 1.165) is 28.1 Å². The van der Waals surface area contributed by atoms with E-state index in [4.69, 9.17) is 21.1 Å². The topological polar surface area (TPSA) is 68.7 Å². The number of esters is 1. The van der Waals surface area contributed by atoms with E-state index in [-0.39, 0.29) is 24.9 Å². The molecule has 0 radical (unpaired) electrons. The first-order chi connectivity index (χ1) is 15.8. The Morgan fingerprint density at radius 3 is 2.64 bits per heavy atom. The van der Waals surface area contributed by atoms with Crippen LogP contribution in [0.4, 0.5) is 10.8 Å². The van der Waals surface area contributed by atoms with Crippen molar-refractivity contribution in [2.45, 2.75) is 47.1 Å². The molecule has 0 saturated carbocycles. The van der Waals surface area contributed by atoms with Crippen LogP contribution in [0.1, 0.15) is 42.1 Å². The third-order valence-electron chi connectivity index (χ3n) is 5.16. The number of carbonyl (C=O) groups excluding carboxylic acids is 2. The number of carbonyl (C=O) groups is 2. The molecule has 3 rings (SSSR count). The quantitative estimate of drug-likeness (QED) is 0.262. The Bertz CT molecular complexity index is 1150. The Morgan fingerprint density at radius 2 is 1.91 bits per heavy atom. The molecule has 1 aromatic heterocycles. The van der Waals surface area contributed by atoms with Gasteiger partial charge >= 0.3 is 5.97 Å². The fraction of sp³-hybridized carbons (Fsp3) is 0.320. The van der Waals surface area contributed by atoms with Gasteiger partial charge in [-0.2, -0.15) is 0 Å². The number of thiazole rings is 1. The number of benzene rings is 2. The van der Waals surface area contributed by atoms with Crippen LogP contribution < -0.4 is 9.64 Å². The standard InChI is InChI=1S/C25H27ClN2O4S/c1-16-7-5-8-22(18(16)3)28(19(4)29)25-27-21(15-33-25)14-32-24(30)9-6-12-31-23-11-10-20(26)13-17(23)2/h5,7-8,10-11,13,15H,6,9,12,14H2,1-4H3. The number of halogens is 1. The fourth-order valence-corrected chi connectivity index (χ4v) is 4.34. The molecule has 0 bridgehead atoms. The van der Waals surface area contributed by atoms with Gasteiger partial charge in [0.1, 0.15) is 12.4 Å². The zero-order chi connectivity index (χ0) is 24.0. The first kappa shape index (κ1) is 24.7. The van der Waals surface area contributed by atoms with Crippen molar-refractivity contribution in [2.75, 3.05) is 11.5 Å². The molecule has 0 spiro atoms. The first-order valence-corrected chi connectivity index (χ1v) is 11.9. The Hall–Kier alpha value is -2.90. The van der Waals surface area contributed by atoms with E-state index in [1.54, 1.807) is 16.3 Å². The van der Waals surface area contributed by atoms with Crippen LogP contribution in [0.25, 0.3) is 0 Å². The molecule has 8 heteroatoms. The molecule has 6 nitrogen and oxygen atoms in total. The molecule has 2 aromatic carbocycles. The minimum atomic E-state index is -0.320. The van der Waals surface area contributed by atoms with Gasteiger partial charge in [0.2, 0.25) is 5.91 Å². The Balaban J connectivity index is 1.51. The number of hydrogen-bond acceptors (Lipinski definition) is 6. The number of nitrogens with zero attached hydrogens (tertiary/aromatic N) is 2. The van der Waals surface area contributed by atoms with Gasteiger partial charge < -0.3 is 9.47 Å². The van der Waals surface area contributed by atoms with Gasteiger partial charge in [-0.25, -0.2) is 4.98 Å². The number of aryl methyl sites for hydroxylation is 2. The van der Waals surface area contributed by atoms with Crippen molar-refractivity contribution in [3.05, 3.63) is 69.2 Å². The highest BCUT2D eigenvalue weighted by atomic mass is 35.5. The summed E-state index contributed by atoms with van der Waals surface area (Å²) in [6, 6.07) is 11.2. The molecule has 33 heavy (non-hydrogen) atoms. The maximum atomic E-state index is 12.4. The monoisotopic (exact) mass is 486 g/mol. The highest BCUT2D eigenvalue weighted by molar-refractivity contribution is 7.14. The summed E-state index contributed by atoms with van der Waals surface area (Å²) in [7, 11) is 0. The lowest BCUT2D eigenvalue weighted by Crippen LogP contribution is -2.23. The average molecular weight is 487 g/mol. The smallest absolute Gasteiger partial charge is 0.306 e. The van der Waals surface area contributed by atoms with Crippen molar-refractivity contribution in [1.82, 2.24) is 4.98 Å². The van der Waals surface area contributed by atoms with Gasteiger partial charge in [0, 0.05) is 23.7 Å². The van der Waals surface area contributed by atoms with Crippen molar-refractivity contribution in [3.8, 4) is 5.75 Å². The van der Waals surface area contributed by atoms with Crippen molar-refractivity contribution in [3.63, 3.8) is 0 Å². The van der Waals surface area contributed by atoms with Crippen LogP contribution in [-0.4, -0.2) is 23.5 Å². The zero-order valence-electron chi connectivity index (χ0n) is 19.2. The van der Waals surface area contributed by atoms with E-state index in [0.29, 0.717) is 28.9 Å². The van der Waals surface area contributed by atoms with Crippen LogP contribution in [0.2, 0.25) is 5.02 Å². The minimum absolute atomic E-state index is 0.0605. The normalized spacial score (nSPS) is 10.7. The predicted molar refractivity (Wildman–Crippen MR) is 132 cm³/mol. The third-order valence-corrected chi connectivity index (χ3v) is 6.27. The largest absolute Gasteiger partial charge is 0.493 e. The summed E-state index contributed by atoms with van der Waals surface area (Å²) in [5.41, 5.74) is 4.47. The molecule has 0 aliphatic heterocycles. The lowest BCUT2D eigenvalue weighted by molar-refractivity contribution is -0.145. The Kier molecular flexibility index (Phi) is 8.47. The number of ether oxygens (including phenoxy) is 2. The second kappa shape index (κ2) is 11.3. The molecule has 0 aliphatic rings. The molecule has 0 aliphatic carbocycles. The number of anilines is 2. The molecule has 0 unspecified atom stereocenters. The van der Waals surface area contributed by atoms with Crippen molar-refractivity contribution >= 4 is 45.6 Å². The highest BCUT2D eigenvalue weighted by Crippen LogP contribution is 2.32. The molecule has 3 aromatic rings. The van der Waals surface area contributed by atoms with Crippen LogP contribution in [0.3, 0.4) is 0 Å². The molecule has 174 valence electrons. The summed E-state index contributed by atoms with van der Waals surface area (Å²) in [6.07, 6.45) is 0.777. The van der Waals surface area contributed by atoms with E-state index in [1.165, 1.54) is 18.3 Å². The lowest BCUT2D eigenvalue weighted by atomic mass is 10.1. The summed E-state index contributed by atoms with van der Waals surface area (Å²) >= 11 is 7.28. The second-order valence-electron chi connectivity index (χ2n) is 7.72. The Morgan fingerprint density at radius 1 is 1.12 bits per heavy atom. The van der Waals surface area contributed by atoms with E-state index in [9.17, 15) is 9.59 Å². The van der Waals surface area contributed by atoms with E-state index < -0.39 is 0 Å². The van der Waals surface area contributed by atoms with Gasteiger partial charge in [-0.15, -0.1) is 11.3 Å². The predicted octanol–water partition coefficient (Wildman–Crippen LogP) is 6.31. The van der Waals surface area contributed by atoms with Crippen LogP contribution in [0.5, 0.6) is 5.75 Å². The molecule has 1 heterocycles. The number of hydrogen-bond donors (Lipinski definition) is 0. The Labute approximate surface area is 203 Å². The number of rotatable bonds is 9. The summed E-state index contributed by atoms with van der Waals surface area (Å²) < 4.78 is 11.1. The van der Waals surface area contributed by atoms with E-state index >= 15 is 0 Å². The maximum absolute atomic E-state index is 12.4. The SMILES string of the molecule is CC(=O)N(c1nc(COC(=O)CCCOc2ccc(Cl)cc2C)cs1)c1cccc(C)c1C. The number of aromatic nitrogens is 1. The van der Waals surface area contributed by atoms with Gasteiger partial charge in [0.05, 0.1) is 18.0 Å². The van der Waals surface area contributed by atoms with Crippen molar-refractivity contribution < 1.29 is 19.1 Å². The summed E-state index contributed by atoms with van der Waals surface area (Å²) in [6.45, 7) is 7.88. The summed E-state index contributed by atoms with van der Waals surface area (Å²) in [4.78, 5) is 30.6. The van der Waals surface area contributed by atoms with E-state index in [2.05, 4.69) is 4.98 Å². The van der Waals surface area contributed by atoms with Gasteiger partial charge in [-0.05, 0) is 68.1 Å². The van der Waals surface area contributed by atoms with Crippen molar-refractivity contribution in [2.24, 2.45) is 0 Å². The molecular weight excluding hydrogens is 460 g/mol. The molecule has 0 saturated heterocycles. The fourth-order valence-electron chi connectivity index (χ4n) is 3.25. The molecule has 0 atom stereocenters. The molecule has 0 N–H and O–H groups in total. The summed E-state index contributed by atoms with van der Waals surface area (Å²) in [5.74, 6) is 0.304. The minimum Gasteiger partial charge on any atom is -0.493 e. The van der Waals surface area contributed by atoms with E-state index in [1.807, 2.05) is 51.1 Å². The average Bonchev–Trinajstić information content (AvgIpc) is 3.22. The van der Waals surface area contributed by atoms with Crippen LogP contribution >= 0.6 is 22.9 Å². The lowest BCUT2D eigenvalue weighted by Gasteiger charge is -2.21. The van der Waals surface area contributed by atoms with Crippen LogP contribution in [0.15, 0.2) is 41.8 Å². The third kappa shape index (κ3) is 6.55. The van der Waals surface area contributed by atoms with Crippen LogP contribution in [0, 0.1) is 20.8 Å². The maximum Gasteiger partial charge on any atom is 0.306 e. The highest BCUT2D eigenvalue weighted by Gasteiger charge is 2.20. The van der Waals surface area contributed by atoms with Gasteiger partial charge in [0.25, 0.3) is 0 Å². The van der Waals surface area contributed by atoms with Gasteiger partial charge in [-0.1, -0.05) is 23.7 Å². The molecular formula is C25H27ClN2O4S. The van der Waals surface area contributed by atoms with Gasteiger partial charge in [-0.3, -0.25) is 14.5 Å². The number of amides is 1. The second-order valence-corrected chi connectivity index (χ2v) is 8.99. The summed E-state index contributed by atoms with van der Waals surface area (Å²) in [5, 5.41) is 3.01. The zero-order valence-corrected chi connectivity index (χ0v) is 20.8. The first-order valence-electron chi connectivity index (χ1n) is 10.6. The molecule has 0 fully saturated rings. The van der Waals surface area contributed by atoms with Crippen LogP contribution in [-0.2, 0) is 20.9 Å². The van der Waals surface area contributed by atoms with Gasteiger partial charge in [0.15, 0.2) is 5.13 Å².